The predicted molar refractivity (Wildman–Crippen MR) is 48.4 cm³/mol. The van der Waals surface area contributed by atoms with E-state index in [1.807, 2.05) is 0 Å². The fourth-order valence-corrected chi connectivity index (χ4v) is 1.51. The summed E-state index contributed by atoms with van der Waals surface area (Å²) in [7, 11) is 0. The highest BCUT2D eigenvalue weighted by atomic mass is 79.9. The Morgan fingerprint density at radius 1 is 1.13 bits per heavy atom. The van der Waals surface area contributed by atoms with E-state index in [1.165, 1.54) is 0 Å². The van der Waals surface area contributed by atoms with Crippen LogP contribution in [0.1, 0.15) is 0 Å². The normalized spacial score (nSPS) is 11.7. The standard InChI is InChI=1S/C7HBr2F5O/c8-2-1-3(10)4(9)6(5(2)11)15-7(12,13)14/h1H. The summed E-state index contributed by atoms with van der Waals surface area (Å²) in [5.41, 5.74) is 0. The Morgan fingerprint density at radius 3 is 2.13 bits per heavy atom. The first-order valence-electron chi connectivity index (χ1n) is 3.31. The second-order valence-electron chi connectivity index (χ2n) is 2.35. The van der Waals surface area contributed by atoms with Crippen LogP contribution in [-0.2, 0) is 0 Å². The van der Waals surface area contributed by atoms with Crippen LogP contribution >= 0.6 is 31.9 Å². The zero-order chi connectivity index (χ0) is 11.8. The first-order chi connectivity index (χ1) is 6.72. The highest BCUT2D eigenvalue weighted by Gasteiger charge is 2.34. The molecular formula is C7HBr2F5O. The van der Waals surface area contributed by atoms with E-state index in [1.54, 1.807) is 0 Å². The Bertz CT molecular complexity index is 364. The fourth-order valence-electron chi connectivity index (χ4n) is 0.757. The van der Waals surface area contributed by atoms with Crippen LogP contribution < -0.4 is 4.74 Å². The van der Waals surface area contributed by atoms with Crippen molar-refractivity contribution in [2.24, 2.45) is 0 Å². The molecule has 0 unspecified atom stereocenters. The van der Waals surface area contributed by atoms with Crippen LogP contribution in [0.2, 0.25) is 0 Å². The maximum Gasteiger partial charge on any atom is 0.573 e. The van der Waals surface area contributed by atoms with Crippen LogP contribution in [0.3, 0.4) is 0 Å². The van der Waals surface area contributed by atoms with Gasteiger partial charge in [0.2, 0.25) is 0 Å². The summed E-state index contributed by atoms with van der Waals surface area (Å²) in [5, 5.41) is 0. The Labute approximate surface area is 97.5 Å². The minimum absolute atomic E-state index is 0.456. The van der Waals surface area contributed by atoms with Crippen molar-refractivity contribution in [2.45, 2.75) is 6.36 Å². The summed E-state index contributed by atoms with van der Waals surface area (Å²) in [6.07, 6.45) is -5.09. The maximum absolute atomic E-state index is 13.1. The molecule has 8 heteroatoms. The van der Waals surface area contributed by atoms with Gasteiger partial charge in [-0.3, -0.25) is 0 Å². The van der Waals surface area contributed by atoms with Crippen molar-refractivity contribution in [2.75, 3.05) is 0 Å². The van der Waals surface area contributed by atoms with Crippen molar-refractivity contribution in [3.05, 3.63) is 26.6 Å². The molecule has 0 aliphatic heterocycles. The zero-order valence-electron chi connectivity index (χ0n) is 6.63. The summed E-state index contributed by atoms with van der Waals surface area (Å²) < 4.78 is 63.6. The van der Waals surface area contributed by atoms with E-state index in [0.29, 0.717) is 6.07 Å². The molecule has 0 aliphatic rings. The lowest BCUT2D eigenvalue weighted by atomic mass is 10.3. The quantitative estimate of drug-likeness (QED) is 0.536. The van der Waals surface area contributed by atoms with Crippen LogP contribution in [-0.4, -0.2) is 6.36 Å². The van der Waals surface area contributed by atoms with Gasteiger partial charge in [0.15, 0.2) is 11.6 Å². The van der Waals surface area contributed by atoms with Gasteiger partial charge in [0, 0.05) is 0 Å². The summed E-state index contributed by atoms with van der Waals surface area (Å²) in [4.78, 5) is 0. The number of alkyl halides is 3. The Morgan fingerprint density at radius 2 is 1.67 bits per heavy atom. The molecule has 1 nitrogen and oxygen atoms in total. The predicted octanol–water partition coefficient (Wildman–Crippen LogP) is 4.39. The third-order valence-corrected chi connectivity index (χ3v) is 2.61. The topological polar surface area (TPSA) is 9.23 Å². The van der Waals surface area contributed by atoms with E-state index in [0.717, 1.165) is 0 Å². The molecule has 0 spiro atoms. The minimum atomic E-state index is -5.09. The summed E-state index contributed by atoms with van der Waals surface area (Å²) in [5.74, 6) is -3.64. The van der Waals surface area contributed by atoms with E-state index < -0.39 is 32.7 Å². The number of hydrogen-bond donors (Lipinski definition) is 0. The van der Waals surface area contributed by atoms with E-state index in [4.69, 9.17) is 0 Å². The van der Waals surface area contributed by atoms with E-state index in [-0.39, 0.29) is 0 Å². The minimum Gasteiger partial charge on any atom is -0.401 e. The van der Waals surface area contributed by atoms with Crippen molar-refractivity contribution < 1.29 is 26.7 Å². The number of halogens is 7. The fraction of sp³-hybridized carbons (Fsp3) is 0.143. The molecule has 0 N–H and O–H groups in total. The molecule has 0 bridgehead atoms. The summed E-state index contributed by atoms with van der Waals surface area (Å²) >= 11 is 5.01. The second kappa shape index (κ2) is 4.25. The first-order valence-corrected chi connectivity index (χ1v) is 4.89. The van der Waals surface area contributed by atoms with E-state index >= 15 is 0 Å². The molecule has 0 saturated heterocycles. The number of ether oxygens (including phenoxy) is 1. The lowest BCUT2D eigenvalue weighted by molar-refractivity contribution is -0.276. The van der Waals surface area contributed by atoms with Gasteiger partial charge in [-0.25, -0.2) is 8.78 Å². The molecule has 0 aromatic heterocycles. The highest BCUT2D eigenvalue weighted by Crippen LogP contribution is 2.38. The van der Waals surface area contributed by atoms with Gasteiger partial charge in [0.05, 0.1) is 8.95 Å². The molecule has 0 aliphatic carbocycles. The molecule has 0 fully saturated rings. The average molecular weight is 356 g/mol. The molecule has 0 saturated carbocycles. The Kier molecular flexibility index (Phi) is 3.59. The van der Waals surface area contributed by atoms with E-state index in [9.17, 15) is 22.0 Å². The van der Waals surface area contributed by atoms with Crippen LogP contribution in [0.15, 0.2) is 15.0 Å². The SMILES string of the molecule is Fc1cc(Br)c(F)c(OC(F)(F)F)c1Br. The van der Waals surface area contributed by atoms with Gasteiger partial charge in [-0.1, -0.05) is 0 Å². The summed E-state index contributed by atoms with van der Waals surface area (Å²) in [6.45, 7) is 0. The van der Waals surface area contributed by atoms with Gasteiger partial charge in [0.1, 0.15) is 5.82 Å². The lowest BCUT2D eigenvalue weighted by Crippen LogP contribution is -2.18. The van der Waals surface area contributed by atoms with Crippen molar-refractivity contribution in [3.8, 4) is 5.75 Å². The molecule has 1 rings (SSSR count). The average Bonchev–Trinajstić information content (AvgIpc) is 2.08. The molecular weight excluding hydrogens is 355 g/mol. The van der Waals surface area contributed by atoms with Crippen molar-refractivity contribution >= 4 is 31.9 Å². The molecule has 0 radical (unpaired) electrons. The second-order valence-corrected chi connectivity index (χ2v) is 3.99. The van der Waals surface area contributed by atoms with Crippen LogP contribution in [0, 0.1) is 11.6 Å². The molecule has 0 heterocycles. The number of rotatable bonds is 1. The van der Waals surface area contributed by atoms with Gasteiger partial charge in [-0.15, -0.1) is 13.2 Å². The van der Waals surface area contributed by atoms with Gasteiger partial charge in [0.25, 0.3) is 0 Å². The van der Waals surface area contributed by atoms with Gasteiger partial charge < -0.3 is 4.74 Å². The Balaban J connectivity index is 3.27. The first kappa shape index (κ1) is 12.7. The molecule has 15 heavy (non-hydrogen) atoms. The molecule has 84 valence electrons. The number of benzene rings is 1. The van der Waals surface area contributed by atoms with Crippen molar-refractivity contribution in [1.29, 1.82) is 0 Å². The summed E-state index contributed by atoms with van der Waals surface area (Å²) in [6, 6.07) is 0.683. The van der Waals surface area contributed by atoms with Gasteiger partial charge in [-0.2, -0.15) is 0 Å². The maximum atomic E-state index is 13.1. The monoisotopic (exact) mass is 354 g/mol. The van der Waals surface area contributed by atoms with Gasteiger partial charge in [-0.05, 0) is 37.9 Å². The molecule has 0 amide bonds. The third kappa shape index (κ3) is 3.04. The van der Waals surface area contributed by atoms with Crippen molar-refractivity contribution in [3.63, 3.8) is 0 Å². The molecule has 1 aromatic rings. The van der Waals surface area contributed by atoms with Crippen LogP contribution in [0.5, 0.6) is 5.75 Å². The largest absolute Gasteiger partial charge is 0.573 e. The highest BCUT2D eigenvalue weighted by molar-refractivity contribution is 9.11. The third-order valence-electron chi connectivity index (χ3n) is 1.29. The van der Waals surface area contributed by atoms with Gasteiger partial charge >= 0.3 is 6.36 Å². The van der Waals surface area contributed by atoms with Crippen molar-refractivity contribution in [1.82, 2.24) is 0 Å². The zero-order valence-corrected chi connectivity index (χ0v) is 9.80. The Hall–Kier alpha value is -0.370. The molecule has 0 atom stereocenters. The number of hydrogen-bond acceptors (Lipinski definition) is 1. The van der Waals surface area contributed by atoms with Crippen LogP contribution in [0.25, 0.3) is 0 Å². The van der Waals surface area contributed by atoms with E-state index in [2.05, 4.69) is 36.6 Å². The van der Waals surface area contributed by atoms with Crippen LogP contribution in [0.4, 0.5) is 22.0 Å². The molecule has 1 aromatic carbocycles. The smallest absolute Gasteiger partial charge is 0.401 e. The lowest BCUT2D eigenvalue weighted by Gasteiger charge is -2.12.